The van der Waals surface area contributed by atoms with E-state index in [2.05, 4.69) is 24.3 Å². The number of hydrogen-bond donors (Lipinski definition) is 0. The molecule has 11 aromatic carbocycles. The van der Waals surface area contributed by atoms with Crippen molar-refractivity contribution in [2.45, 2.75) is 0 Å². The van der Waals surface area contributed by atoms with Crippen molar-refractivity contribution in [1.82, 2.24) is 0 Å². The Hall–Kier alpha value is -8.20. The third kappa shape index (κ3) is 6.12. The summed E-state index contributed by atoms with van der Waals surface area (Å²) in [6.45, 7) is 0. The van der Waals surface area contributed by atoms with Crippen molar-refractivity contribution in [3.05, 3.63) is 236 Å². The maximum absolute atomic E-state index is 9.81. The second kappa shape index (κ2) is 14.8. The monoisotopic (exact) mass is 797 g/mol. The molecule has 0 spiro atoms. The first-order chi connectivity index (χ1) is 34.1. The van der Waals surface area contributed by atoms with Gasteiger partial charge in [-0.2, -0.15) is 0 Å². The average Bonchev–Trinajstić information content (AvgIpc) is 3.79. The van der Waals surface area contributed by atoms with Crippen LogP contribution in [-0.2, 0) is 0 Å². The van der Waals surface area contributed by atoms with Gasteiger partial charge in [0.1, 0.15) is 11.2 Å². The van der Waals surface area contributed by atoms with Gasteiger partial charge >= 0.3 is 0 Å². The van der Waals surface area contributed by atoms with E-state index < -0.39 is 24.2 Å². The van der Waals surface area contributed by atoms with Crippen LogP contribution in [0.3, 0.4) is 0 Å². The molecule has 0 aliphatic heterocycles. The van der Waals surface area contributed by atoms with E-state index in [1.165, 1.54) is 4.90 Å². The maximum Gasteiger partial charge on any atom is 0.143 e. The van der Waals surface area contributed by atoms with E-state index in [-0.39, 0.29) is 46.7 Å². The largest absolute Gasteiger partial charge is 0.455 e. The summed E-state index contributed by atoms with van der Waals surface area (Å²) in [6, 6.07) is 57.0. The lowest BCUT2D eigenvalue weighted by atomic mass is 9.96. The molecular formula is C60H39NO. The fourth-order valence-corrected chi connectivity index (χ4v) is 8.75. The van der Waals surface area contributed by atoms with Crippen LogP contribution in [0.4, 0.5) is 17.1 Å². The second-order valence-electron chi connectivity index (χ2n) is 15.4. The minimum atomic E-state index is -0.423. The van der Waals surface area contributed by atoms with Crippen LogP contribution in [0.15, 0.2) is 241 Å². The van der Waals surface area contributed by atoms with Gasteiger partial charge in [0.25, 0.3) is 0 Å². The van der Waals surface area contributed by atoms with Crippen LogP contribution < -0.4 is 4.90 Å². The summed E-state index contributed by atoms with van der Waals surface area (Å²) in [6.07, 6.45) is 0. The highest BCUT2D eigenvalue weighted by Crippen LogP contribution is 2.46. The molecule has 0 aliphatic rings. The van der Waals surface area contributed by atoms with E-state index in [0.717, 1.165) is 54.2 Å². The highest BCUT2D eigenvalue weighted by molar-refractivity contribution is 6.17. The van der Waals surface area contributed by atoms with Gasteiger partial charge in [0.15, 0.2) is 0 Å². The van der Waals surface area contributed by atoms with E-state index in [1.807, 2.05) is 133 Å². The van der Waals surface area contributed by atoms with Crippen LogP contribution >= 0.6 is 0 Å². The molecule has 0 amide bonds. The molecule has 0 saturated heterocycles. The van der Waals surface area contributed by atoms with E-state index in [4.69, 9.17) is 4.42 Å². The van der Waals surface area contributed by atoms with E-state index >= 15 is 0 Å². The van der Waals surface area contributed by atoms with E-state index in [0.29, 0.717) is 39.1 Å². The lowest BCUT2D eigenvalue weighted by molar-refractivity contribution is 0.674. The standard InChI is InChI=1S/C60H39NO/c1-2-14-47-39-48(28-25-40(47)11-1)43-31-36-50(37-32-43)61(49-34-29-42(30-35-49)41-23-26-46(27-24-41)52-19-9-15-44-12-3-5-16-51(44)52)58-22-8-7-18-54(58)55-20-10-21-56-57-38-33-45-13-4-6-17-53(45)59(57)62-60(55)56/h1-39H/i29D,30D,31D,32D,34D,35D,36D,37D. The van der Waals surface area contributed by atoms with Crippen molar-refractivity contribution in [3.8, 4) is 44.5 Å². The number of hydrogen-bond acceptors (Lipinski definition) is 2. The summed E-state index contributed by atoms with van der Waals surface area (Å²) < 4.78 is 84.3. The number of rotatable bonds is 7. The first-order valence-corrected chi connectivity index (χ1v) is 20.6. The van der Waals surface area contributed by atoms with Crippen molar-refractivity contribution in [2.75, 3.05) is 4.90 Å². The molecular weight excluding hydrogens is 751 g/mol. The summed E-state index contributed by atoms with van der Waals surface area (Å²) in [4.78, 5) is 1.38. The number of fused-ring (bicyclic) bond motifs is 7. The normalized spacial score (nSPS) is 13.4. The summed E-state index contributed by atoms with van der Waals surface area (Å²) in [5.74, 6) is 0. The SMILES string of the molecule is [2H]c1c([2H])c(N(c2ccccc2-c2cccc3c2oc2c4ccccc4ccc32)c2c([2H])c([2H])c(-c3ccc4ccccc4c3)c([2H])c2[2H])c([2H])c([2H])c1-c1ccc(-c2cccc3ccccc23)cc1. The second-order valence-corrected chi connectivity index (χ2v) is 15.4. The molecule has 290 valence electrons. The molecule has 2 nitrogen and oxygen atoms in total. The fraction of sp³-hybridized carbons (Fsp3) is 0. The van der Waals surface area contributed by atoms with E-state index in [1.54, 1.807) is 30.3 Å². The first kappa shape index (κ1) is 28.3. The number of anilines is 3. The van der Waals surface area contributed by atoms with Gasteiger partial charge in [0.2, 0.25) is 0 Å². The summed E-state index contributed by atoms with van der Waals surface area (Å²) in [7, 11) is 0. The average molecular weight is 798 g/mol. The number of nitrogens with zero attached hydrogens (tertiary/aromatic N) is 1. The van der Waals surface area contributed by atoms with Crippen molar-refractivity contribution < 1.29 is 15.4 Å². The molecule has 62 heavy (non-hydrogen) atoms. The van der Waals surface area contributed by atoms with Crippen LogP contribution in [0.1, 0.15) is 11.0 Å². The van der Waals surface area contributed by atoms with Crippen molar-refractivity contribution >= 4 is 71.3 Å². The zero-order valence-electron chi connectivity index (χ0n) is 41.3. The zero-order valence-corrected chi connectivity index (χ0v) is 33.3. The fourth-order valence-electron chi connectivity index (χ4n) is 8.75. The minimum Gasteiger partial charge on any atom is -0.455 e. The Labute approximate surface area is 371 Å². The van der Waals surface area contributed by atoms with E-state index in [9.17, 15) is 11.0 Å². The lowest BCUT2D eigenvalue weighted by Gasteiger charge is -2.28. The molecule has 1 heterocycles. The number of furan rings is 1. The Balaban J connectivity index is 1.09. The quantitative estimate of drug-likeness (QED) is 0.160. The molecule has 0 aliphatic carbocycles. The summed E-state index contributed by atoms with van der Waals surface area (Å²) in [5, 5.41) is 7.73. The van der Waals surface area contributed by atoms with Gasteiger partial charge in [-0.1, -0.05) is 194 Å². The Bertz CT molecular complexity index is 4060. The van der Waals surface area contributed by atoms with Gasteiger partial charge < -0.3 is 9.32 Å². The number of benzene rings is 11. The predicted molar refractivity (Wildman–Crippen MR) is 263 cm³/mol. The molecule has 0 fully saturated rings. The third-order valence-corrected chi connectivity index (χ3v) is 11.8. The molecule has 12 aromatic rings. The maximum atomic E-state index is 9.81. The number of para-hydroxylation sites is 2. The zero-order chi connectivity index (χ0) is 47.9. The summed E-state index contributed by atoms with van der Waals surface area (Å²) >= 11 is 0. The minimum absolute atomic E-state index is 0.0851. The van der Waals surface area contributed by atoms with Crippen molar-refractivity contribution in [3.63, 3.8) is 0 Å². The van der Waals surface area contributed by atoms with Crippen LogP contribution in [0.25, 0.3) is 98.8 Å². The highest BCUT2D eigenvalue weighted by Gasteiger charge is 2.21. The smallest absolute Gasteiger partial charge is 0.143 e. The van der Waals surface area contributed by atoms with Gasteiger partial charge in [-0.05, 0) is 103 Å². The Morgan fingerprint density at radius 3 is 1.58 bits per heavy atom. The molecule has 2 heteroatoms. The highest BCUT2D eigenvalue weighted by atomic mass is 16.3. The van der Waals surface area contributed by atoms with Gasteiger partial charge in [-0.3, -0.25) is 0 Å². The molecule has 0 N–H and O–H groups in total. The van der Waals surface area contributed by atoms with Crippen molar-refractivity contribution in [2.24, 2.45) is 0 Å². The molecule has 0 radical (unpaired) electrons. The Morgan fingerprint density at radius 2 is 0.806 bits per heavy atom. The van der Waals surface area contributed by atoms with Gasteiger partial charge in [0.05, 0.1) is 16.7 Å². The van der Waals surface area contributed by atoms with Gasteiger partial charge in [0, 0.05) is 38.7 Å². The van der Waals surface area contributed by atoms with Crippen LogP contribution in [0.5, 0.6) is 0 Å². The third-order valence-electron chi connectivity index (χ3n) is 11.8. The van der Waals surface area contributed by atoms with Gasteiger partial charge in [-0.15, -0.1) is 0 Å². The molecule has 12 rings (SSSR count). The molecule has 0 saturated carbocycles. The van der Waals surface area contributed by atoms with Crippen LogP contribution in [0, 0.1) is 0 Å². The summed E-state index contributed by atoms with van der Waals surface area (Å²) in [5.41, 5.74) is 5.39. The lowest BCUT2D eigenvalue weighted by Crippen LogP contribution is -2.11. The molecule has 0 atom stereocenters. The predicted octanol–water partition coefficient (Wildman–Crippen LogP) is 17.2. The van der Waals surface area contributed by atoms with Crippen molar-refractivity contribution in [1.29, 1.82) is 0 Å². The molecule has 1 aromatic heterocycles. The topological polar surface area (TPSA) is 16.4 Å². The van der Waals surface area contributed by atoms with Crippen LogP contribution in [0.2, 0.25) is 0 Å². The molecule has 0 bridgehead atoms. The Morgan fingerprint density at radius 1 is 0.306 bits per heavy atom. The first-order valence-electron chi connectivity index (χ1n) is 24.6. The van der Waals surface area contributed by atoms with Gasteiger partial charge in [-0.25, -0.2) is 0 Å². The van der Waals surface area contributed by atoms with Crippen LogP contribution in [-0.4, -0.2) is 0 Å². The Kier molecular flexibility index (Phi) is 6.76. The molecule has 0 unspecified atom stereocenters.